The summed E-state index contributed by atoms with van der Waals surface area (Å²) >= 11 is 0. The van der Waals surface area contributed by atoms with Gasteiger partial charge in [0.15, 0.2) is 0 Å². The fraction of sp³-hybridized carbons (Fsp3) is 0.327. The maximum Gasteiger partial charge on any atom is 0.347 e. The van der Waals surface area contributed by atoms with Crippen LogP contribution in [-0.4, -0.2) is 87.9 Å². The van der Waals surface area contributed by atoms with Gasteiger partial charge in [-0.3, -0.25) is 14.5 Å². The van der Waals surface area contributed by atoms with Gasteiger partial charge in [0, 0.05) is 43.2 Å². The Morgan fingerprint density at radius 2 is 1.48 bits per heavy atom. The van der Waals surface area contributed by atoms with Crippen LogP contribution in [0.5, 0.6) is 5.75 Å². The second kappa shape index (κ2) is 19.9. The van der Waals surface area contributed by atoms with E-state index >= 15 is 0 Å². The third-order valence-corrected chi connectivity index (χ3v) is 12.8. The first-order valence-electron chi connectivity index (χ1n) is 22.1. The van der Waals surface area contributed by atoms with E-state index in [0.717, 1.165) is 56.4 Å². The number of H-pyrrole nitrogens is 1. The molecular weight excluding hydrogens is 793 g/mol. The SMILES string of the molecule is O=C(c1ccc(CCNC[C@H](O)c2ccc(O)c3[nH]c(=O)ccc23)cc1)N1CCC(c2cccc(C(O)(C(=O)OCC3CCN(Cc4ccccc4)CC3)c3ccccc3)c2)CC1. The minimum atomic E-state index is -1.97. The number of pyridine rings is 1. The molecule has 1 aromatic heterocycles. The van der Waals surface area contributed by atoms with Crippen LogP contribution in [0.2, 0.25) is 0 Å². The maximum atomic E-state index is 14.0. The fourth-order valence-corrected chi connectivity index (χ4v) is 9.09. The highest BCUT2D eigenvalue weighted by atomic mass is 16.5. The average molecular weight is 849 g/mol. The molecule has 63 heavy (non-hydrogen) atoms. The number of esters is 1. The van der Waals surface area contributed by atoms with Crippen molar-refractivity contribution in [3.8, 4) is 5.75 Å². The van der Waals surface area contributed by atoms with E-state index in [1.165, 1.54) is 17.7 Å². The van der Waals surface area contributed by atoms with Gasteiger partial charge < -0.3 is 35.3 Å². The Morgan fingerprint density at radius 3 is 2.21 bits per heavy atom. The van der Waals surface area contributed by atoms with E-state index in [-0.39, 0.29) is 42.2 Å². The van der Waals surface area contributed by atoms with Crippen molar-refractivity contribution in [2.24, 2.45) is 5.92 Å². The summed E-state index contributed by atoms with van der Waals surface area (Å²) in [6.07, 6.45) is 3.20. The van der Waals surface area contributed by atoms with Crippen LogP contribution in [0, 0.1) is 5.92 Å². The molecule has 1 unspecified atom stereocenters. The molecule has 0 saturated carbocycles. The lowest BCUT2D eigenvalue weighted by atomic mass is 9.82. The average Bonchev–Trinajstić information content (AvgIpc) is 3.33. The van der Waals surface area contributed by atoms with Gasteiger partial charge in [-0.1, -0.05) is 103 Å². The molecule has 11 nitrogen and oxygen atoms in total. The minimum Gasteiger partial charge on any atom is -0.506 e. The number of hydrogen-bond donors (Lipinski definition) is 5. The number of aromatic hydroxyl groups is 1. The molecule has 11 heteroatoms. The molecule has 8 rings (SSSR count). The lowest BCUT2D eigenvalue weighted by Gasteiger charge is -2.34. The molecule has 2 atom stereocenters. The van der Waals surface area contributed by atoms with Crippen molar-refractivity contribution >= 4 is 22.8 Å². The van der Waals surface area contributed by atoms with E-state index < -0.39 is 17.7 Å². The second-order valence-corrected chi connectivity index (χ2v) is 17.0. The first-order valence-corrected chi connectivity index (χ1v) is 22.1. The van der Waals surface area contributed by atoms with Crippen molar-refractivity contribution in [3.63, 3.8) is 0 Å². The van der Waals surface area contributed by atoms with Crippen LogP contribution in [0.15, 0.2) is 138 Å². The van der Waals surface area contributed by atoms with Crippen molar-refractivity contribution in [1.82, 2.24) is 20.1 Å². The molecule has 2 saturated heterocycles. The van der Waals surface area contributed by atoms with Gasteiger partial charge in [-0.15, -0.1) is 0 Å². The first kappa shape index (κ1) is 43.5. The Kier molecular flexibility index (Phi) is 13.8. The number of rotatable bonds is 15. The summed E-state index contributed by atoms with van der Waals surface area (Å²) in [4.78, 5) is 46.3. The van der Waals surface area contributed by atoms with Crippen molar-refractivity contribution in [3.05, 3.63) is 183 Å². The zero-order valence-electron chi connectivity index (χ0n) is 35.5. The summed E-state index contributed by atoms with van der Waals surface area (Å²) in [5.41, 5.74) is 3.54. The third kappa shape index (κ3) is 10.2. The number of carbonyl (C=O) groups is 2. The van der Waals surface area contributed by atoms with Crippen LogP contribution in [0.4, 0.5) is 0 Å². The zero-order valence-corrected chi connectivity index (χ0v) is 35.5. The Bertz CT molecular complexity index is 2530. The van der Waals surface area contributed by atoms with E-state index in [4.69, 9.17) is 4.74 Å². The first-order chi connectivity index (χ1) is 30.7. The Labute approximate surface area is 368 Å². The van der Waals surface area contributed by atoms with E-state index in [1.807, 2.05) is 71.6 Å². The Morgan fingerprint density at radius 1 is 0.778 bits per heavy atom. The lowest BCUT2D eigenvalue weighted by molar-refractivity contribution is -0.164. The molecule has 6 aromatic rings. The molecule has 326 valence electrons. The van der Waals surface area contributed by atoms with Gasteiger partial charge in [0.2, 0.25) is 11.2 Å². The molecule has 0 radical (unpaired) electrons. The number of aromatic amines is 1. The fourth-order valence-electron chi connectivity index (χ4n) is 9.09. The van der Waals surface area contributed by atoms with Gasteiger partial charge in [0.1, 0.15) is 5.75 Å². The molecule has 0 spiro atoms. The Hall–Kier alpha value is -6.11. The molecule has 3 heterocycles. The van der Waals surface area contributed by atoms with Gasteiger partial charge in [-0.25, -0.2) is 4.79 Å². The number of phenolic OH excluding ortho intramolecular Hbond substituents is 1. The lowest BCUT2D eigenvalue weighted by Crippen LogP contribution is -2.41. The number of aliphatic hydroxyl groups is 2. The number of phenols is 1. The summed E-state index contributed by atoms with van der Waals surface area (Å²) < 4.78 is 5.97. The van der Waals surface area contributed by atoms with Crippen LogP contribution in [-0.2, 0) is 28.1 Å². The zero-order chi connectivity index (χ0) is 43.8. The molecule has 2 aliphatic heterocycles. The minimum absolute atomic E-state index is 0.0134. The number of aliphatic hydroxyl groups excluding tert-OH is 1. The number of likely N-dealkylation sites (tertiary alicyclic amines) is 2. The quantitative estimate of drug-likeness (QED) is 0.0554. The number of hydrogen-bond acceptors (Lipinski definition) is 9. The van der Waals surface area contributed by atoms with Crippen LogP contribution >= 0.6 is 0 Å². The number of piperidine rings is 2. The molecule has 0 aliphatic carbocycles. The number of carbonyl (C=O) groups excluding carboxylic acids is 2. The standard InChI is InChI=1S/C52H56N4O7/c57-46-20-18-44(45-19-21-48(59)54-49(45)46)47(58)33-53-27-22-36-14-16-40(17-15-36)50(60)56-30-25-39(26-31-56)41-10-7-13-43(32-41)52(62,42-11-5-2-6-12-42)51(61)63-35-38-23-28-55(29-24-38)34-37-8-3-1-4-9-37/h1-21,32,38-39,47,53,57-58,62H,22-31,33-35H2,(H,54,59)/t47-,52?/m0/s1. The number of nitrogens with one attached hydrogen (secondary N) is 2. The number of aromatic nitrogens is 1. The van der Waals surface area contributed by atoms with E-state index in [9.17, 15) is 29.7 Å². The predicted octanol–water partition coefficient (Wildman–Crippen LogP) is 6.81. The van der Waals surface area contributed by atoms with Gasteiger partial charge in [-0.05, 0) is 121 Å². The Balaban J connectivity index is 0.827. The highest BCUT2D eigenvalue weighted by Crippen LogP contribution is 2.36. The molecule has 2 aliphatic rings. The van der Waals surface area contributed by atoms with Crippen molar-refractivity contribution in [1.29, 1.82) is 0 Å². The van der Waals surface area contributed by atoms with Crippen molar-refractivity contribution in [2.45, 2.75) is 56.3 Å². The van der Waals surface area contributed by atoms with Crippen LogP contribution in [0.3, 0.4) is 0 Å². The van der Waals surface area contributed by atoms with E-state index in [1.54, 1.807) is 30.3 Å². The summed E-state index contributed by atoms with van der Waals surface area (Å²) in [7, 11) is 0. The summed E-state index contributed by atoms with van der Waals surface area (Å²) in [5, 5.41) is 37.2. The second-order valence-electron chi connectivity index (χ2n) is 17.0. The van der Waals surface area contributed by atoms with Crippen molar-refractivity contribution in [2.75, 3.05) is 45.9 Å². The molecule has 0 bridgehead atoms. The van der Waals surface area contributed by atoms with Crippen LogP contribution < -0.4 is 10.9 Å². The highest BCUT2D eigenvalue weighted by Gasteiger charge is 2.42. The molecular formula is C52H56N4O7. The molecule has 5 N–H and O–H groups in total. The maximum absolute atomic E-state index is 14.0. The van der Waals surface area contributed by atoms with E-state index in [2.05, 4.69) is 39.5 Å². The smallest absolute Gasteiger partial charge is 0.347 e. The number of ether oxygens (including phenoxy) is 1. The van der Waals surface area contributed by atoms with E-state index in [0.29, 0.717) is 59.2 Å². The molecule has 2 fully saturated rings. The number of nitrogens with zero attached hydrogens (tertiary/aromatic N) is 2. The van der Waals surface area contributed by atoms with Gasteiger partial charge >= 0.3 is 5.97 Å². The monoisotopic (exact) mass is 848 g/mol. The van der Waals surface area contributed by atoms with Crippen LogP contribution in [0.25, 0.3) is 10.9 Å². The summed E-state index contributed by atoms with van der Waals surface area (Å²) in [6, 6.07) is 40.9. The number of amides is 1. The summed E-state index contributed by atoms with van der Waals surface area (Å²) in [5.74, 6) is -0.355. The topological polar surface area (TPSA) is 155 Å². The van der Waals surface area contributed by atoms with Gasteiger partial charge in [-0.2, -0.15) is 0 Å². The van der Waals surface area contributed by atoms with Gasteiger partial charge in [0.25, 0.3) is 5.91 Å². The van der Waals surface area contributed by atoms with Crippen molar-refractivity contribution < 1.29 is 29.6 Å². The van der Waals surface area contributed by atoms with Gasteiger partial charge in [0.05, 0.1) is 18.2 Å². The largest absolute Gasteiger partial charge is 0.506 e. The normalized spacial score (nSPS) is 16.7. The third-order valence-electron chi connectivity index (χ3n) is 12.8. The highest BCUT2D eigenvalue weighted by molar-refractivity contribution is 5.94. The van der Waals surface area contributed by atoms with Crippen LogP contribution in [0.1, 0.15) is 81.4 Å². The number of benzene rings is 5. The predicted molar refractivity (Wildman–Crippen MR) is 243 cm³/mol. The molecule has 5 aromatic carbocycles. The summed E-state index contributed by atoms with van der Waals surface area (Å²) in [6.45, 7) is 5.09. The molecule has 1 amide bonds. The number of fused-ring (bicyclic) bond motifs is 1.